The van der Waals surface area contributed by atoms with Crippen LogP contribution in [-0.2, 0) is 32.0 Å². The second-order valence-electron chi connectivity index (χ2n) is 11.3. The number of carbonyl (C=O) groups is 4. The van der Waals surface area contributed by atoms with Crippen LogP contribution in [0.15, 0.2) is 60.8 Å². The van der Waals surface area contributed by atoms with E-state index in [0.29, 0.717) is 32.2 Å². The first-order chi connectivity index (χ1) is 20.6. The third kappa shape index (κ3) is 10.2. The Morgan fingerprint density at radius 2 is 1.44 bits per heavy atom. The standard InChI is InChI=1S/C32H44N6O5/c1-20(2)16-27(37-29(39)24(34)17-21-10-4-3-5-11-21)31(41)36-26(14-8-9-15-33)30(40)38-28(32(42)43)18-22-19-35-25-13-7-6-12-23(22)25/h3-7,10-13,19-20,24,26-28,35H,8-9,14-18,33-34H2,1-2H3,(H,36,41)(H,37,39)(H,38,40)(H,42,43). The van der Waals surface area contributed by atoms with E-state index in [1.807, 2.05) is 68.4 Å². The molecule has 232 valence electrons. The van der Waals surface area contributed by atoms with E-state index < -0.39 is 47.9 Å². The van der Waals surface area contributed by atoms with Gasteiger partial charge in [-0.2, -0.15) is 0 Å². The molecule has 2 aromatic carbocycles. The highest BCUT2D eigenvalue weighted by atomic mass is 16.4. The summed E-state index contributed by atoms with van der Waals surface area (Å²) in [7, 11) is 0. The molecule has 43 heavy (non-hydrogen) atoms. The highest BCUT2D eigenvalue weighted by Gasteiger charge is 2.31. The van der Waals surface area contributed by atoms with E-state index in [1.54, 1.807) is 6.20 Å². The fourth-order valence-electron chi connectivity index (χ4n) is 4.97. The van der Waals surface area contributed by atoms with E-state index >= 15 is 0 Å². The number of fused-ring (bicyclic) bond motifs is 1. The number of carboxylic acid groups (broad SMARTS) is 1. The van der Waals surface area contributed by atoms with Gasteiger partial charge in [-0.1, -0.05) is 62.4 Å². The Morgan fingerprint density at radius 1 is 0.814 bits per heavy atom. The van der Waals surface area contributed by atoms with Crippen LogP contribution in [0.1, 0.15) is 50.7 Å². The molecule has 0 aliphatic carbocycles. The van der Waals surface area contributed by atoms with Crippen molar-refractivity contribution in [3.63, 3.8) is 0 Å². The highest BCUT2D eigenvalue weighted by molar-refractivity contribution is 5.94. The van der Waals surface area contributed by atoms with Crippen molar-refractivity contribution in [2.45, 2.75) is 76.5 Å². The largest absolute Gasteiger partial charge is 0.480 e. The van der Waals surface area contributed by atoms with E-state index in [9.17, 15) is 24.3 Å². The molecule has 0 saturated heterocycles. The Bertz CT molecular complexity index is 1360. The van der Waals surface area contributed by atoms with Crippen molar-refractivity contribution in [2.75, 3.05) is 6.54 Å². The second kappa shape index (κ2) is 16.4. The first kappa shape index (κ1) is 33.3. The number of benzene rings is 2. The number of nitrogens with one attached hydrogen (secondary N) is 4. The van der Waals surface area contributed by atoms with Gasteiger partial charge in [-0.25, -0.2) is 4.79 Å². The number of rotatable bonds is 17. The van der Waals surface area contributed by atoms with E-state index in [-0.39, 0.29) is 18.8 Å². The van der Waals surface area contributed by atoms with Gasteiger partial charge in [0.25, 0.3) is 0 Å². The van der Waals surface area contributed by atoms with Crippen molar-refractivity contribution in [3.8, 4) is 0 Å². The van der Waals surface area contributed by atoms with Crippen LogP contribution < -0.4 is 27.4 Å². The van der Waals surface area contributed by atoms with Crippen molar-refractivity contribution < 1.29 is 24.3 Å². The number of hydrogen-bond donors (Lipinski definition) is 7. The number of hydrogen-bond acceptors (Lipinski definition) is 6. The molecular weight excluding hydrogens is 548 g/mol. The SMILES string of the molecule is CC(C)CC(NC(=O)C(N)Cc1ccccc1)C(=O)NC(CCCCN)C(=O)NC(Cc1c[nH]c2ccccc12)C(=O)O. The lowest BCUT2D eigenvalue weighted by molar-refractivity contribution is -0.142. The van der Waals surface area contributed by atoms with Crippen LogP contribution in [0.5, 0.6) is 0 Å². The number of aliphatic carboxylic acids is 1. The molecule has 1 aromatic heterocycles. The molecule has 4 atom stereocenters. The minimum atomic E-state index is -1.22. The topological polar surface area (TPSA) is 192 Å². The van der Waals surface area contributed by atoms with E-state index in [0.717, 1.165) is 22.0 Å². The number of carboxylic acids is 1. The number of nitrogens with two attached hydrogens (primary N) is 2. The predicted octanol–water partition coefficient (Wildman–Crippen LogP) is 1.99. The Hall–Kier alpha value is -4.22. The summed E-state index contributed by atoms with van der Waals surface area (Å²) in [6.07, 6.45) is 3.83. The van der Waals surface area contributed by atoms with Crippen LogP contribution in [-0.4, -0.2) is 64.5 Å². The molecular formula is C32H44N6O5. The minimum absolute atomic E-state index is 0.0541. The van der Waals surface area contributed by atoms with Crippen LogP contribution in [0, 0.1) is 5.92 Å². The number of aromatic amines is 1. The van der Waals surface area contributed by atoms with Gasteiger partial charge in [0.15, 0.2) is 0 Å². The molecule has 9 N–H and O–H groups in total. The molecule has 0 aliphatic rings. The van der Waals surface area contributed by atoms with E-state index in [4.69, 9.17) is 11.5 Å². The lowest BCUT2D eigenvalue weighted by Gasteiger charge is -2.26. The van der Waals surface area contributed by atoms with Crippen LogP contribution in [0.4, 0.5) is 0 Å². The maximum Gasteiger partial charge on any atom is 0.326 e. The second-order valence-corrected chi connectivity index (χ2v) is 11.3. The normalized spacial score (nSPS) is 14.1. The van der Waals surface area contributed by atoms with E-state index in [1.165, 1.54) is 0 Å². The number of unbranched alkanes of at least 4 members (excludes halogenated alkanes) is 1. The van der Waals surface area contributed by atoms with E-state index in [2.05, 4.69) is 20.9 Å². The molecule has 0 aliphatic heterocycles. The first-order valence-electron chi connectivity index (χ1n) is 14.8. The third-order valence-corrected chi connectivity index (χ3v) is 7.27. The summed E-state index contributed by atoms with van der Waals surface area (Å²) in [5.74, 6) is -2.77. The Labute approximate surface area is 252 Å². The average Bonchev–Trinajstić information content (AvgIpc) is 3.38. The summed E-state index contributed by atoms with van der Waals surface area (Å²) in [5, 5.41) is 18.9. The highest BCUT2D eigenvalue weighted by Crippen LogP contribution is 2.19. The third-order valence-electron chi connectivity index (χ3n) is 7.27. The van der Waals surface area contributed by atoms with Gasteiger partial charge < -0.3 is 37.5 Å². The maximum atomic E-state index is 13.5. The molecule has 0 spiro atoms. The van der Waals surface area contributed by atoms with Crippen LogP contribution in [0.3, 0.4) is 0 Å². The van der Waals surface area contributed by atoms with Crippen molar-refractivity contribution in [1.29, 1.82) is 0 Å². The van der Waals surface area contributed by atoms with Gasteiger partial charge in [0, 0.05) is 23.5 Å². The van der Waals surface area contributed by atoms with Gasteiger partial charge in [0.1, 0.15) is 18.1 Å². The maximum absolute atomic E-state index is 13.5. The number of para-hydroxylation sites is 1. The molecule has 4 unspecified atom stereocenters. The number of carbonyl (C=O) groups excluding carboxylic acids is 3. The zero-order chi connectivity index (χ0) is 31.4. The van der Waals surface area contributed by atoms with Crippen LogP contribution in [0.2, 0.25) is 0 Å². The molecule has 3 amide bonds. The Morgan fingerprint density at radius 3 is 2.12 bits per heavy atom. The lowest BCUT2D eigenvalue weighted by Crippen LogP contribution is -2.57. The molecule has 0 radical (unpaired) electrons. The molecule has 11 heteroatoms. The molecule has 11 nitrogen and oxygen atoms in total. The minimum Gasteiger partial charge on any atom is -0.480 e. The van der Waals surface area contributed by atoms with Crippen LogP contribution in [0.25, 0.3) is 10.9 Å². The summed E-state index contributed by atoms with van der Waals surface area (Å²) in [5.41, 5.74) is 14.3. The molecule has 3 aromatic rings. The predicted molar refractivity (Wildman–Crippen MR) is 166 cm³/mol. The van der Waals surface area contributed by atoms with Crippen molar-refractivity contribution in [1.82, 2.24) is 20.9 Å². The zero-order valence-corrected chi connectivity index (χ0v) is 24.8. The number of H-pyrrole nitrogens is 1. The molecule has 0 saturated carbocycles. The summed E-state index contributed by atoms with van der Waals surface area (Å²) >= 11 is 0. The first-order valence-corrected chi connectivity index (χ1v) is 14.8. The lowest BCUT2D eigenvalue weighted by atomic mass is 10.00. The number of aromatic nitrogens is 1. The van der Waals surface area contributed by atoms with Crippen molar-refractivity contribution in [2.24, 2.45) is 17.4 Å². The van der Waals surface area contributed by atoms with Crippen LogP contribution >= 0.6 is 0 Å². The zero-order valence-electron chi connectivity index (χ0n) is 24.8. The summed E-state index contributed by atoms with van der Waals surface area (Å²) in [6.45, 7) is 4.25. The summed E-state index contributed by atoms with van der Waals surface area (Å²) < 4.78 is 0. The smallest absolute Gasteiger partial charge is 0.326 e. The fourth-order valence-corrected chi connectivity index (χ4v) is 4.97. The van der Waals surface area contributed by atoms with Gasteiger partial charge in [-0.05, 0) is 61.8 Å². The molecule has 0 bridgehead atoms. The quantitative estimate of drug-likeness (QED) is 0.117. The molecule has 1 heterocycles. The van der Waals surface area contributed by atoms with Gasteiger partial charge in [0.2, 0.25) is 17.7 Å². The Kier molecular flexibility index (Phi) is 12.7. The molecule has 3 rings (SSSR count). The van der Waals surface area contributed by atoms with Gasteiger partial charge in [0.05, 0.1) is 6.04 Å². The summed E-state index contributed by atoms with van der Waals surface area (Å²) in [4.78, 5) is 55.1. The fraction of sp³-hybridized carbons (Fsp3) is 0.438. The number of amides is 3. The van der Waals surface area contributed by atoms with Crippen molar-refractivity contribution >= 4 is 34.6 Å². The monoisotopic (exact) mass is 592 g/mol. The van der Waals surface area contributed by atoms with Gasteiger partial charge in [-0.15, -0.1) is 0 Å². The Balaban J connectivity index is 1.71. The molecule has 0 fully saturated rings. The summed E-state index contributed by atoms with van der Waals surface area (Å²) in [6, 6.07) is 12.8. The van der Waals surface area contributed by atoms with Gasteiger partial charge in [-0.3, -0.25) is 14.4 Å². The van der Waals surface area contributed by atoms with Crippen molar-refractivity contribution in [3.05, 3.63) is 71.9 Å². The average molecular weight is 593 g/mol. The van der Waals surface area contributed by atoms with Gasteiger partial charge >= 0.3 is 5.97 Å².